The molecule has 6 nitrogen and oxygen atoms in total. The van der Waals surface area contributed by atoms with Gasteiger partial charge in [0.2, 0.25) is 0 Å². The van der Waals surface area contributed by atoms with Crippen LogP contribution in [0, 0.1) is 35.3 Å². The van der Waals surface area contributed by atoms with Crippen molar-refractivity contribution in [1.82, 2.24) is 0 Å². The Hall–Kier alpha value is -2.55. The number of carbonyl (C=O) groups is 1. The lowest BCUT2D eigenvalue weighted by atomic mass is 10.1. The van der Waals surface area contributed by atoms with Crippen molar-refractivity contribution in [3.05, 3.63) is 33.9 Å². The zero-order chi connectivity index (χ0) is 15.3. The molecule has 0 heterocycles. The lowest BCUT2D eigenvalue weighted by Gasteiger charge is -2.25. The smallest absolute Gasteiger partial charge is 0.308 e. The van der Waals surface area contributed by atoms with Crippen LogP contribution in [-0.4, -0.2) is 29.1 Å². The van der Waals surface area contributed by atoms with Gasteiger partial charge < -0.3 is 10.0 Å². The van der Waals surface area contributed by atoms with E-state index in [1.54, 1.807) is 24.8 Å². The number of benzene rings is 1. The van der Waals surface area contributed by atoms with Gasteiger partial charge in [0.05, 0.1) is 17.4 Å². The average molecular weight is 276 g/mol. The standard InChI is InChI=1S/C14H16N2O4/c1-4-7-15(9-11(3)14(17)18)13-8-12(16(19)20)6-5-10(13)2/h1,5-6,8,11H,7,9H2,2-3H3,(H,17,18). The minimum Gasteiger partial charge on any atom is -0.481 e. The van der Waals surface area contributed by atoms with Gasteiger partial charge in [-0.05, 0) is 12.5 Å². The molecule has 0 amide bonds. The van der Waals surface area contributed by atoms with Gasteiger partial charge in [-0.3, -0.25) is 14.9 Å². The van der Waals surface area contributed by atoms with Gasteiger partial charge in [-0.1, -0.05) is 18.9 Å². The van der Waals surface area contributed by atoms with Gasteiger partial charge in [-0.25, -0.2) is 0 Å². The van der Waals surface area contributed by atoms with E-state index in [9.17, 15) is 14.9 Å². The number of aryl methyl sites for hydroxylation is 1. The summed E-state index contributed by atoms with van der Waals surface area (Å²) in [6.07, 6.45) is 5.29. The van der Waals surface area contributed by atoms with Crippen LogP contribution in [0.1, 0.15) is 12.5 Å². The molecular formula is C14H16N2O4. The van der Waals surface area contributed by atoms with E-state index in [1.165, 1.54) is 12.1 Å². The Balaban J connectivity index is 3.14. The average Bonchev–Trinajstić information content (AvgIpc) is 2.38. The molecule has 1 atom stereocenters. The summed E-state index contributed by atoms with van der Waals surface area (Å²) >= 11 is 0. The summed E-state index contributed by atoms with van der Waals surface area (Å²) in [6.45, 7) is 3.76. The molecule has 0 aromatic heterocycles. The number of terminal acetylenes is 1. The van der Waals surface area contributed by atoms with Gasteiger partial charge in [0.25, 0.3) is 5.69 Å². The molecule has 0 radical (unpaired) electrons. The highest BCUT2D eigenvalue weighted by molar-refractivity contribution is 5.71. The number of anilines is 1. The fraction of sp³-hybridized carbons (Fsp3) is 0.357. The van der Waals surface area contributed by atoms with Crippen molar-refractivity contribution >= 4 is 17.3 Å². The Labute approximate surface area is 117 Å². The van der Waals surface area contributed by atoms with Crippen molar-refractivity contribution in [3.8, 4) is 12.3 Å². The number of nitrogens with zero attached hydrogens (tertiary/aromatic N) is 2. The van der Waals surface area contributed by atoms with Crippen LogP contribution in [-0.2, 0) is 4.79 Å². The summed E-state index contributed by atoms with van der Waals surface area (Å²) < 4.78 is 0. The molecule has 0 bridgehead atoms. The maximum Gasteiger partial charge on any atom is 0.308 e. The van der Waals surface area contributed by atoms with Gasteiger partial charge in [0.1, 0.15) is 0 Å². The molecule has 106 valence electrons. The molecule has 0 spiro atoms. The summed E-state index contributed by atoms with van der Waals surface area (Å²) in [4.78, 5) is 23.0. The van der Waals surface area contributed by atoms with Crippen LogP contribution in [0.25, 0.3) is 0 Å². The fourth-order valence-electron chi connectivity index (χ4n) is 1.82. The first-order chi connectivity index (χ1) is 9.36. The largest absolute Gasteiger partial charge is 0.481 e. The summed E-state index contributed by atoms with van der Waals surface area (Å²) in [5.41, 5.74) is 1.35. The number of hydrogen-bond donors (Lipinski definition) is 1. The van der Waals surface area contributed by atoms with E-state index in [2.05, 4.69) is 5.92 Å². The van der Waals surface area contributed by atoms with Crippen LogP contribution >= 0.6 is 0 Å². The summed E-state index contributed by atoms with van der Waals surface area (Å²) in [5, 5.41) is 19.8. The first-order valence-corrected chi connectivity index (χ1v) is 6.03. The maximum absolute atomic E-state index is 10.9. The van der Waals surface area contributed by atoms with Crippen LogP contribution in [0.15, 0.2) is 18.2 Å². The topological polar surface area (TPSA) is 83.7 Å². The third-order valence-corrected chi connectivity index (χ3v) is 2.94. The van der Waals surface area contributed by atoms with Gasteiger partial charge >= 0.3 is 5.97 Å². The minimum atomic E-state index is -0.935. The molecule has 1 N–H and O–H groups in total. The highest BCUT2D eigenvalue weighted by Gasteiger charge is 2.19. The molecule has 0 fully saturated rings. The molecule has 1 unspecified atom stereocenters. The molecule has 1 aromatic rings. The zero-order valence-corrected chi connectivity index (χ0v) is 11.4. The molecule has 0 saturated carbocycles. The molecule has 1 rings (SSSR count). The second kappa shape index (κ2) is 6.57. The van der Waals surface area contributed by atoms with Crippen molar-refractivity contribution in [2.24, 2.45) is 5.92 Å². The van der Waals surface area contributed by atoms with Crippen LogP contribution in [0.2, 0.25) is 0 Å². The van der Waals surface area contributed by atoms with Crippen LogP contribution < -0.4 is 4.90 Å². The summed E-state index contributed by atoms with van der Waals surface area (Å²) in [7, 11) is 0. The molecular weight excluding hydrogens is 260 g/mol. The van der Waals surface area contributed by atoms with Crippen molar-refractivity contribution in [3.63, 3.8) is 0 Å². The number of nitro benzene ring substituents is 1. The molecule has 1 aromatic carbocycles. The van der Waals surface area contributed by atoms with E-state index in [-0.39, 0.29) is 18.8 Å². The predicted octanol–water partition coefficient (Wildman–Crippen LogP) is 2.06. The van der Waals surface area contributed by atoms with Gasteiger partial charge in [0, 0.05) is 24.4 Å². The third kappa shape index (κ3) is 3.72. The first kappa shape index (κ1) is 15.5. The van der Waals surface area contributed by atoms with Crippen molar-refractivity contribution in [2.75, 3.05) is 18.0 Å². The number of carboxylic acids is 1. The molecule has 0 aliphatic heterocycles. The third-order valence-electron chi connectivity index (χ3n) is 2.94. The first-order valence-electron chi connectivity index (χ1n) is 6.03. The van der Waals surface area contributed by atoms with Crippen LogP contribution in [0.3, 0.4) is 0 Å². The van der Waals surface area contributed by atoms with Gasteiger partial charge in [-0.2, -0.15) is 0 Å². The van der Waals surface area contributed by atoms with Crippen molar-refractivity contribution < 1.29 is 14.8 Å². The van der Waals surface area contributed by atoms with Crippen LogP contribution in [0.4, 0.5) is 11.4 Å². The lowest BCUT2D eigenvalue weighted by molar-refractivity contribution is -0.384. The van der Waals surface area contributed by atoms with E-state index in [0.717, 1.165) is 5.56 Å². The van der Waals surface area contributed by atoms with Gasteiger partial charge in [0.15, 0.2) is 0 Å². The van der Waals surface area contributed by atoms with E-state index >= 15 is 0 Å². The number of non-ortho nitro benzene ring substituents is 1. The second-order valence-corrected chi connectivity index (χ2v) is 4.55. The molecule has 0 aliphatic carbocycles. The molecule has 0 aliphatic rings. The summed E-state index contributed by atoms with van der Waals surface area (Å²) in [6, 6.07) is 4.46. The number of rotatable bonds is 6. The lowest BCUT2D eigenvalue weighted by Crippen LogP contribution is -2.32. The zero-order valence-electron chi connectivity index (χ0n) is 11.4. The quantitative estimate of drug-likeness (QED) is 0.488. The Morgan fingerprint density at radius 2 is 2.25 bits per heavy atom. The normalized spacial score (nSPS) is 11.4. The van der Waals surface area contributed by atoms with Crippen molar-refractivity contribution in [1.29, 1.82) is 0 Å². The highest BCUT2D eigenvalue weighted by atomic mass is 16.6. The Kier molecular flexibility index (Phi) is 5.09. The predicted molar refractivity (Wildman–Crippen MR) is 75.7 cm³/mol. The minimum absolute atomic E-state index is 0.0457. The Morgan fingerprint density at radius 1 is 1.60 bits per heavy atom. The van der Waals surface area contributed by atoms with E-state index in [1.807, 2.05) is 0 Å². The SMILES string of the molecule is C#CCN(CC(C)C(=O)O)c1cc([N+](=O)[O-])ccc1C. The van der Waals surface area contributed by atoms with E-state index in [0.29, 0.717) is 5.69 Å². The number of nitro groups is 1. The van der Waals surface area contributed by atoms with Crippen LogP contribution in [0.5, 0.6) is 0 Å². The Bertz CT molecular complexity index is 563. The number of hydrogen-bond acceptors (Lipinski definition) is 4. The van der Waals surface area contributed by atoms with Gasteiger partial charge in [-0.15, -0.1) is 6.42 Å². The molecule has 0 saturated heterocycles. The monoisotopic (exact) mass is 276 g/mol. The van der Waals surface area contributed by atoms with E-state index < -0.39 is 16.8 Å². The number of carboxylic acid groups (broad SMARTS) is 1. The highest BCUT2D eigenvalue weighted by Crippen LogP contribution is 2.26. The number of aliphatic carboxylic acids is 1. The van der Waals surface area contributed by atoms with E-state index in [4.69, 9.17) is 11.5 Å². The fourth-order valence-corrected chi connectivity index (χ4v) is 1.82. The molecule has 20 heavy (non-hydrogen) atoms. The van der Waals surface area contributed by atoms with Crippen molar-refractivity contribution in [2.45, 2.75) is 13.8 Å². The molecule has 6 heteroatoms. The Morgan fingerprint density at radius 3 is 2.75 bits per heavy atom. The maximum atomic E-state index is 10.9. The second-order valence-electron chi connectivity index (χ2n) is 4.55. The summed E-state index contributed by atoms with van der Waals surface area (Å²) in [5.74, 6) is 0.891.